The number of carbonyl (C=O) groups excluding carboxylic acids is 1. The van der Waals surface area contributed by atoms with Gasteiger partial charge in [-0.15, -0.1) is 11.3 Å². The van der Waals surface area contributed by atoms with Crippen molar-refractivity contribution >= 4 is 39.8 Å². The van der Waals surface area contributed by atoms with Crippen LogP contribution in [0.5, 0.6) is 0 Å². The zero-order chi connectivity index (χ0) is 16.8. The maximum absolute atomic E-state index is 13.7. The van der Waals surface area contributed by atoms with E-state index in [1.54, 1.807) is 11.6 Å². The molecule has 2 aromatic rings. The van der Waals surface area contributed by atoms with Gasteiger partial charge in [-0.1, -0.05) is 6.07 Å². The Hall–Kier alpha value is -2.13. The lowest BCUT2D eigenvalue weighted by Gasteiger charge is -2.18. The van der Waals surface area contributed by atoms with Crippen LogP contribution in [-0.4, -0.2) is 29.2 Å². The van der Waals surface area contributed by atoms with Crippen molar-refractivity contribution in [1.29, 1.82) is 0 Å². The van der Waals surface area contributed by atoms with Crippen molar-refractivity contribution in [3.8, 4) is 0 Å². The smallest absolute Gasteiger partial charge is 0.328 e. The molecule has 0 unspecified atom stereocenters. The molecule has 9 heteroatoms. The van der Waals surface area contributed by atoms with Crippen LogP contribution >= 0.6 is 23.6 Å². The van der Waals surface area contributed by atoms with Crippen molar-refractivity contribution in [3.63, 3.8) is 0 Å². The van der Waals surface area contributed by atoms with E-state index < -0.39 is 23.6 Å². The second kappa shape index (κ2) is 7.93. The summed E-state index contributed by atoms with van der Waals surface area (Å²) >= 11 is 6.39. The van der Waals surface area contributed by atoms with Crippen LogP contribution in [0.1, 0.15) is 5.56 Å². The average molecular weight is 357 g/mol. The van der Waals surface area contributed by atoms with Crippen LogP contribution in [0.4, 0.5) is 13.9 Å². The van der Waals surface area contributed by atoms with Crippen molar-refractivity contribution in [1.82, 2.24) is 10.3 Å². The lowest BCUT2D eigenvalue weighted by Crippen LogP contribution is -2.45. The molecule has 0 fully saturated rings. The van der Waals surface area contributed by atoms with Crippen molar-refractivity contribution in [2.45, 2.75) is 12.5 Å². The fraction of sp³-hybridized carbons (Fsp3) is 0.214. The first kappa shape index (κ1) is 17.2. The minimum absolute atomic E-state index is 0.104. The number of esters is 1. The molecule has 0 amide bonds. The Morgan fingerprint density at radius 2 is 2.13 bits per heavy atom. The summed E-state index contributed by atoms with van der Waals surface area (Å²) in [5, 5.41) is 7.85. The van der Waals surface area contributed by atoms with Crippen LogP contribution in [0, 0.1) is 11.6 Å². The number of carbonyl (C=O) groups is 1. The molecule has 1 aromatic heterocycles. The zero-order valence-corrected chi connectivity index (χ0v) is 13.6. The van der Waals surface area contributed by atoms with Gasteiger partial charge in [0.05, 0.1) is 7.11 Å². The van der Waals surface area contributed by atoms with Crippen LogP contribution in [-0.2, 0) is 16.0 Å². The normalized spacial score (nSPS) is 11.6. The lowest BCUT2D eigenvalue weighted by atomic mass is 10.0. The number of thiazole rings is 1. The molecule has 0 saturated heterocycles. The maximum Gasteiger partial charge on any atom is 0.328 e. The van der Waals surface area contributed by atoms with Crippen LogP contribution in [0.2, 0.25) is 0 Å². The highest BCUT2D eigenvalue weighted by molar-refractivity contribution is 7.80. The van der Waals surface area contributed by atoms with Crippen molar-refractivity contribution in [2.24, 2.45) is 0 Å². The van der Waals surface area contributed by atoms with E-state index >= 15 is 0 Å². The fourth-order valence-corrected chi connectivity index (χ4v) is 2.68. The number of rotatable bonds is 5. The Bertz CT molecular complexity index is 675. The molecule has 1 atom stereocenters. The monoisotopic (exact) mass is 357 g/mol. The predicted molar refractivity (Wildman–Crippen MR) is 87.3 cm³/mol. The van der Waals surface area contributed by atoms with Crippen LogP contribution in [0.15, 0.2) is 29.8 Å². The van der Waals surface area contributed by atoms with Gasteiger partial charge >= 0.3 is 5.97 Å². The first-order chi connectivity index (χ1) is 11.0. The van der Waals surface area contributed by atoms with Gasteiger partial charge in [0.2, 0.25) is 0 Å². The van der Waals surface area contributed by atoms with E-state index in [1.165, 1.54) is 24.5 Å². The van der Waals surface area contributed by atoms with E-state index in [9.17, 15) is 13.6 Å². The van der Waals surface area contributed by atoms with E-state index in [-0.39, 0.29) is 17.1 Å². The second-order valence-corrected chi connectivity index (χ2v) is 5.72. The molecule has 0 aliphatic rings. The number of hydrogen-bond acceptors (Lipinski definition) is 5. The number of hydrogen-bond donors (Lipinski definition) is 2. The van der Waals surface area contributed by atoms with Gasteiger partial charge in [-0.2, -0.15) is 0 Å². The van der Waals surface area contributed by atoms with Gasteiger partial charge in [0, 0.05) is 23.6 Å². The molecule has 1 heterocycles. The van der Waals surface area contributed by atoms with E-state index in [0.717, 1.165) is 12.1 Å². The standard InChI is InChI=1S/C14H13F2N3O2S2/c1-21-12(20)11(7-8-9(15)3-2-4-10(8)16)18-13(22)19-14-17-5-6-23-14/h2-6,11H,7H2,1H3,(H2,17,18,19,22)/t11-/m0/s1. The summed E-state index contributed by atoms with van der Waals surface area (Å²) in [4.78, 5) is 15.8. The highest BCUT2D eigenvalue weighted by Crippen LogP contribution is 2.15. The van der Waals surface area contributed by atoms with Gasteiger partial charge in [0.25, 0.3) is 0 Å². The minimum atomic E-state index is -1.04. The summed E-state index contributed by atoms with van der Waals surface area (Å²) in [6.07, 6.45) is 1.34. The highest BCUT2D eigenvalue weighted by Gasteiger charge is 2.24. The fourth-order valence-electron chi connectivity index (χ4n) is 1.84. The Labute approximate surface area is 140 Å². The first-order valence-corrected chi connectivity index (χ1v) is 7.77. The van der Waals surface area contributed by atoms with Crippen molar-refractivity contribution in [3.05, 3.63) is 47.0 Å². The number of halogens is 2. The maximum atomic E-state index is 13.7. The molecule has 0 aliphatic carbocycles. The molecular weight excluding hydrogens is 344 g/mol. The van der Waals surface area contributed by atoms with Gasteiger partial charge in [-0.25, -0.2) is 18.6 Å². The number of benzene rings is 1. The summed E-state index contributed by atoms with van der Waals surface area (Å²) in [5.41, 5.74) is -0.215. The lowest BCUT2D eigenvalue weighted by molar-refractivity contribution is -0.142. The molecule has 5 nitrogen and oxygen atoms in total. The molecule has 0 spiro atoms. The number of aromatic nitrogens is 1. The zero-order valence-electron chi connectivity index (χ0n) is 12.0. The summed E-state index contributed by atoms with van der Waals surface area (Å²) in [7, 11) is 1.19. The van der Waals surface area contributed by atoms with Gasteiger partial charge in [-0.05, 0) is 24.4 Å². The molecule has 122 valence electrons. The van der Waals surface area contributed by atoms with E-state index in [4.69, 9.17) is 12.2 Å². The topological polar surface area (TPSA) is 63.2 Å². The third-order valence-corrected chi connectivity index (χ3v) is 3.82. The molecule has 2 rings (SSSR count). The van der Waals surface area contributed by atoms with E-state index in [0.29, 0.717) is 5.13 Å². The highest BCUT2D eigenvalue weighted by atomic mass is 32.1. The van der Waals surface area contributed by atoms with Crippen LogP contribution in [0.25, 0.3) is 0 Å². The summed E-state index contributed by atoms with van der Waals surface area (Å²) in [6, 6.07) is 2.47. The SMILES string of the molecule is COC(=O)[C@H](Cc1c(F)cccc1F)NC(=S)Nc1nccs1. The average Bonchev–Trinajstić information content (AvgIpc) is 3.02. The number of anilines is 1. The quantitative estimate of drug-likeness (QED) is 0.633. The number of nitrogens with zero attached hydrogens (tertiary/aromatic N) is 1. The Kier molecular flexibility index (Phi) is 5.94. The number of thiocarbonyl (C=S) groups is 1. The van der Waals surface area contributed by atoms with Crippen LogP contribution < -0.4 is 10.6 Å². The third kappa shape index (κ3) is 4.67. The van der Waals surface area contributed by atoms with Crippen molar-refractivity contribution < 1.29 is 18.3 Å². The Morgan fingerprint density at radius 1 is 1.43 bits per heavy atom. The number of ether oxygens (including phenoxy) is 1. The van der Waals surface area contributed by atoms with Gasteiger partial charge in [-0.3, -0.25) is 0 Å². The second-order valence-electron chi connectivity index (χ2n) is 4.42. The van der Waals surface area contributed by atoms with Gasteiger partial charge in [0.1, 0.15) is 17.7 Å². The molecule has 1 aromatic carbocycles. The van der Waals surface area contributed by atoms with Gasteiger partial charge < -0.3 is 15.4 Å². The number of nitrogens with one attached hydrogen (secondary N) is 2. The molecule has 23 heavy (non-hydrogen) atoms. The summed E-state index contributed by atoms with van der Waals surface area (Å²) in [5.74, 6) is -2.16. The van der Waals surface area contributed by atoms with E-state index in [1.807, 2.05) is 0 Å². The van der Waals surface area contributed by atoms with Crippen LogP contribution in [0.3, 0.4) is 0 Å². The molecule has 0 radical (unpaired) electrons. The Balaban J connectivity index is 2.11. The van der Waals surface area contributed by atoms with E-state index in [2.05, 4.69) is 20.4 Å². The van der Waals surface area contributed by atoms with Gasteiger partial charge in [0.15, 0.2) is 10.2 Å². The summed E-state index contributed by atoms with van der Waals surface area (Å²) in [6.45, 7) is 0. The third-order valence-electron chi connectivity index (χ3n) is 2.91. The molecule has 0 aliphatic heterocycles. The first-order valence-electron chi connectivity index (χ1n) is 6.49. The predicted octanol–water partition coefficient (Wildman–Crippen LogP) is 2.49. The largest absolute Gasteiger partial charge is 0.467 e. The molecule has 0 bridgehead atoms. The number of methoxy groups -OCH3 is 1. The summed E-state index contributed by atoms with van der Waals surface area (Å²) < 4.78 is 32.1. The molecular formula is C14H13F2N3O2S2. The molecule has 0 saturated carbocycles. The minimum Gasteiger partial charge on any atom is -0.467 e. The Morgan fingerprint density at radius 3 is 2.70 bits per heavy atom. The van der Waals surface area contributed by atoms with Crippen molar-refractivity contribution in [2.75, 3.05) is 12.4 Å². The molecule has 2 N–H and O–H groups in total.